The van der Waals surface area contributed by atoms with E-state index in [0.29, 0.717) is 42.6 Å². The fraction of sp³-hybridized carbons (Fsp3) is 0.529. The van der Waals surface area contributed by atoms with Gasteiger partial charge in [-0.25, -0.2) is 4.98 Å². The van der Waals surface area contributed by atoms with Crippen molar-refractivity contribution in [3.8, 4) is 5.75 Å². The number of carbonyl (C=O) groups excluding carboxylic acids is 1. The average Bonchev–Trinajstić information content (AvgIpc) is 2.86. The zero-order chi connectivity index (χ0) is 16.1. The van der Waals surface area contributed by atoms with Crippen LogP contribution in [0.2, 0.25) is 0 Å². The molecule has 0 aliphatic heterocycles. The molecule has 1 amide bonds. The van der Waals surface area contributed by atoms with Gasteiger partial charge in [0.05, 0.1) is 12.3 Å². The molecule has 0 aromatic carbocycles. The largest absolute Gasteiger partial charge is 0.490 e. The standard InChI is InChI=1S/C17H25N3O2/c1-5-13-15(17(21)18-10-9-12(3)4)20-11-7-8-14(22-6-2)16(20)19-13/h7-8,11-12H,5-6,9-10H2,1-4H3,(H,18,21). The number of fused-ring (bicyclic) bond motifs is 1. The maximum absolute atomic E-state index is 12.5. The van der Waals surface area contributed by atoms with Gasteiger partial charge in [0, 0.05) is 12.7 Å². The van der Waals surface area contributed by atoms with E-state index in [-0.39, 0.29) is 5.91 Å². The van der Waals surface area contributed by atoms with Crippen molar-refractivity contribution in [2.75, 3.05) is 13.2 Å². The van der Waals surface area contributed by atoms with Gasteiger partial charge in [-0.2, -0.15) is 0 Å². The normalized spacial score (nSPS) is 11.1. The summed E-state index contributed by atoms with van der Waals surface area (Å²) in [5, 5.41) is 2.99. The summed E-state index contributed by atoms with van der Waals surface area (Å²) in [5.41, 5.74) is 2.12. The summed E-state index contributed by atoms with van der Waals surface area (Å²) in [6.07, 6.45) is 3.54. The minimum absolute atomic E-state index is 0.0707. The second kappa shape index (κ2) is 7.29. The van der Waals surface area contributed by atoms with E-state index >= 15 is 0 Å². The van der Waals surface area contributed by atoms with Crippen molar-refractivity contribution in [2.45, 2.75) is 40.5 Å². The van der Waals surface area contributed by atoms with Crippen LogP contribution < -0.4 is 10.1 Å². The lowest BCUT2D eigenvalue weighted by atomic mass is 10.1. The lowest BCUT2D eigenvalue weighted by molar-refractivity contribution is 0.0945. The number of nitrogens with one attached hydrogen (secondary N) is 1. The Morgan fingerprint density at radius 3 is 2.82 bits per heavy atom. The van der Waals surface area contributed by atoms with Crippen molar-refractivity contribution in [3.63, 3.8) is 0 Å². The minimum atomic E-state index is -0.0707. The molecular weight excluding hydrogens is 278 g/mol. The number of aromatic nitrogens is 2. The number of imidazole rings is 1. The predicted molar refractivity (Wildman–Crippen MR) is 87.5 cm³/mol. The molecule has 120 valence electrons. The monoisotopic (exact) mass is 303 g/mol. The molecule has 2 rings (SSSR count). The highest BCUT2D eigenvalue weighted by molar-refractivity contribution is 5.95. The fourth-order valence-corrected chi connectivity index (χ4v) is 2.40. The van der Waals surface area contributed by atoms with E-state index < -0.39 is 0 Å². The van der Waals surface area contributed by atoms with E-state index in [2.05, 4.69) is 24.1 Å². The Morgan fingerprint density at radius 1 is 1.41 bits per heavy atom. The zero-order valence-corrected chi connectivity index (χ0v) is 13.8. The van der Waals surface area contributed by atoms with E-state index in [1.54, 1.807) is 0 Å². The van der Waals surface area contributed by atoms with Crippen LogP contribution in [0.4, 0.5) is 0 Å². The van der Waals surface area contributed by atoms with Crippen LogP contribution in [-0.2, 0) is 6.42 Å². The molecule has 0 atom stereocenters. The van der Waals surface area contributed by atoms with Crippen LogP contribution >= 0.6 is 0 Å². The molecule has 5 heteroatoms. The quantitative estimate of drug-likeness (QED) is 0.855. The molecule has 0 fully saturated rings. The van der Waals surface area contributed by atoms with Crippen molar-refractivity contribution in [1.82, 2.24) is 14.7 Å². The lowest BCUT2D eigenvalue weighted by Crippen LogP contribution is -2.27. The molecule has 0 unspecified atom stereocenters. The van der Waals surface area contributed by atoms with Gasteiger partial charge in [0.2, 0.25) is 0 Å². The molecule has 0 aliphatic rings. The minimum Gasteiger partial charge on any atom is -0.490 e. The Labute approximate surface area is 131 Å². The van der Waals surface area contributed by atoms with Crippen LogP contribution in [-0.4, -0.2) is 28.4 Å². The van der Waals surface area contributed by atoms with Crippen LogP contribution in [0.25, 0.3) is 5.65 Å². The zero-order valence-electron chi connectivity index (χ0n) is 13.8. The van der Waals surface area contributed by atoms with Gasteiger partial charge in [0.15, 0.2) is 11.4 Å². The van der Waals surface area contributed by atoms with Gasteiger partial charge in [-0.15, -0.1) is 0 Å². The molecule has 2 aromatic rings. The number of ether oxygens (including phenoxy) is 1. The van der Waals surface area contributed by atoms with E-state index in [9.17, 15) is 4.79 Å². The second-order valence-electron chi connectivity index (χ2n) is 5.70. The highest BCUT2D eigenvalue weighted by Gasteiger charge is 2.19. The topological polar surface area (TPSA) is 55.6 Å². The van der Waals surface area contributed by atoms with E-state index in [1.807, 2.05) is 36.6 Å². The van der Waals surface area contributed by atoms with Crippen molar-refractivity contribution < 1.29 is 9.53 Å². The molecule has 1 N–H and O–H groups in total. The number of hydrogen-bond donors (Lipinski definition) is 1. The fourth-order valence-electron chi connectivity index (χ4n) is 2.40. The number of carbonyl (C=O) groups is 1. The van der Waals surface area contributed by atoms with Gasteiger partial charge in [0.1, 0.15) is 5.69 Å². The number of rotatable bonds is 7. The number of hydrogen-bond acceptors (Lipinski definition) is 3. The van der Waals surface area contributed by atoms with Gasteiger partial charge in [0.25, 0.3) is 5.91 Å². The molecule has 0 saturated carbocycles. The average molecular weight is 303 g/mol. The molecule has 0 saturated heterocycles. The summed E-state index contributed by atoms with van der Waals surface area (Å²) in [4.78, 5) is 17.1. The Hall–Kier alpha value is -2.04. The molecule has 0 spiro atoms. The van der Waals surface area contributed by atoms with Crippen LogP contribution in [0.5, 0.6) is 5.75 Å². The lowest BCUT2D eigenvalue weighted by Gasteiger charge is -2.09. The van der Waals surface area contributed by atoms with E-state index in [0.717, 1.165) is 12.1 Å². The third-order valence-corrected chi connectivity index (χ3v) is 3.54. The summed E-state index contributed by atoms with van der Waals surface area (Å²) < 4.78 is 7.44. The molecule has 0 radical (unpaired) electrons. The number of nitrogens with zero attached hydrogens (tertiary/aromatic N) is 2. The van der Waals surface area contributed by atoms with Crippen LogP contribution in [0.1, 0.15) is 50.3 Å². The number of amides is 1. The van der Waals surface area contributed by atoms with Crippen molar-refractivity contribution in [1.29, 1.82) is 0 Å². The first-order chi connectivity index (χ1) is 10.6. The number of aryl methyl sites for hydroxylation is 1. The molecule has 5 nitrogen and oxygen atoms in total. The highest BCUT2D eigenvalue weighted by Crippen LogP contribution is 2.22. The Kier molecular flexibility index (Phi) is 5.41. The Balaban J connectivity index is 2.35. The Morgan fingerprint density at radius 2 is 2.18 bits per heavy atom. The van der Waals surface area contributed by atoms with E-state index in [4.69, 9.17) is 4.74 Å². The van der Waals surface area contributed by atoms with Crippen LogP contribution in [0.3, 0.4) is 0 Å². The summed E-state index contributed by atoms with van der Waals surface area (Å²) in [7, 11) is 0. The summed E-state index contributed by atoms with van der Waals surface area (Å²) in [6, 6.07) is 3.76. The SMILES string of the molecule is CCOc1cccn2c(C(=O)NCCC(C)C)c(CC)nc12. The predicted octanol–water partition coefficient (Wildman–Crippen LogP) is 3.07. The second-order valence-corrected chi connectivity index (χ2v) is 5.70. The number of pyridine rings is 1. The smallest absolute Gasteiger partial charge is 0.270 e. The highest BCUT2D eigenvalue weighted by atomic mass is 16.5. The van der Waals surface area contributed by atoms with Crippen LogP contribution in [0.15, 0.2) is 18.3 Å². The Bertz CT molecular complexity index is 647. The van der Waals surface area contributed by atoms with Crippen molar-refractivity contribution in [2.24, 2.45) is 5.92 Å². The third kappa shape index (κ3) is 3.40. The van der Waals surface area contributed by atoms with Gasteiger partial charge < -0.3 is 10.1 Å². The van der Waals surface area contributed by atoms with E-state index in [1.165, 1.54) is 0 Å². The third-order valence-electron chi connectivity index (χ3n) is 3.54. The van der Waals surface area contributed by atoms with Crippen molar-refractivity contribution in [3.05, 3.63) is 29.7 Å². The van der Waals surface area contributed by atoms with Gasteiger partial charge in [-0.05, 0) is 37.8 Å². The molecule has 0 aliphatic carbocycles. The summed E-state index contributed by atoms with van der Waals surface area (Å²) >= 11 is 0. The molecular formula is C17H25N3O2. The van der Waals surface area contributed by atoms with Crippen molar-refractivity contribution >= 4 is 11.6 Å². The summed E-state index contributed by atoms with van der Waals surface area (Å²) in [5.74, 6) is 1.21. The maximum Gasteiger partial charge on any atom is 0.270 e. The molecule has 0 bridgehead atoms. The first kappa shape index (κ1) is 16.3. The maximum atomic E-state index is 12.5. The summed E-state index contributed by atoms with van der Waals surface area (Å²) in [6.45, 7) is 9.49. The first-order valence-corrected chi connectivity index (χ1v) is 7.99. The molecule has 2 heterocycles. The molecule has 22 heavy (non-hydrogen) atoms. The van der Waals surface area contributed by atoms with Gasteiger partial charge in [-0.1, -0.05) is 20.8 Å². The molecule has 2 aromatic heterocycles. The first-order valence-electron chi connectivity index (χ1n) is 7.99. The van der Waals surface area contributed by atoms with Gasteiger partial charge in [-0.3, -0.25) is 9.20 Å². The van der Waals surface area contributed by atoms with Gasteiger partial charge >= 0.3 is 0 Å². The van der Waals surface area contributed by atoms with Crippen LogP contribution in [0, 0.1) is 5.92 Å².